The van der Waals surface area contributed by atoms with Gasteiger partial charge in [0.05, 0.1) is 0 Å². The fourth-order valence-electron chi connectivity index (χ4n) is 3.24. The number of thioether (sulfide) groups is 1. The minimum atomic E-state index is -1.53. The maximum atomic E-state index is 12.1. The number of carbonyl (C=O) groups is 6. The molecule has 13 heteroatoms. The molecule has 0 unspecified atom stereocenters. The summed E-state index contributed by atoms with van der Waals surface area (Å²) in [5.74, 6) is -3.71. The number of hydrogen-bond donors (Lipinski definition) is 0. The zero-order valence-corrected chi connectivity index (χ0v) is 20.2. The monoisotopic (exact) mass is 491 g/mol. The van der Waals surface area contributed by atoms with Crippen LogP contribution in [0.3, 0.4) is 0 Å². The standard InChI is InChI=1S/C20H29NO11S/c1-10(22)21-7-8-33-20(21)19(32-15(6)27)18(31-14(5)26)17(30-13(4)25)16(29-12(3)24)9-28-11(2)23/h16-20H,7-9H2,1-6H3/t16-,17+,18+,19-,20+/m0/s1. The van der Waals surface area contributed by atoms with E-state index in [1.807, 2.05) is 0 Å². The van der Waals surface area contributed by atoms with Crippen molar-refractivity contribution < 1.29 is 52.5 Å². The number of hydrogen-bond acceptors (Lipinski definition) is 12. The second-order valence-electron chi connectivity index (χ2n) is 7.15. The Morgan fingerprint density at radius 3 is 1.73 bits per heavy atom. The molecule has 0 N–H and O–H groups in total. The van der Waals surface area contributed by atoms with Crippen LogP contribution in [-0.4, -0.2) is 89.3 Å². The van der Waals surface area contributed by atoms with Gasteiger partial charge in [0.25, 0.3) is 0 Å². The van der Waals surface area contributed by atoms with Crippen LogP contribution in [0.25, 0.3) is 0 Å². The van der Waals surface area contributed by atoms with E-state index >= 15 is 0 Å². The molecule has 0 aromatic heterocycles. The third kappa shape index (κ3) is 9.28. The Labute approximate surface area is 195 Å². The molecule has 0 bridgehead atoms. The molecule has 1 fully saturated rings. The smallest absolute Gasteiger partial charge is 0.303 e. The molecule has 1 rings (SSSR count). The van der Waals surface area contributed by atoms with Crippen LogP contribution in [0.15, 0.2) is 0 Å². The molecule has 33 heavy (non-hydrogen) atoms. The van der Waals surface area contributed by atoms with E-state index in [1.54, 1.807) is 0 Å². The van der Waals surface area contributed by atoms with Gasteiger partial charge in [-0.3, -0.25) is 28.8 Å². The molecule has 0 aliphatic carbocycles. The predicted molar refractivity (Wildman–Crippen MR) is 112 cm³/mol. The van der Waals surface area contributed by atoms with Gasteiger partial charge in [0, 0.05) is 53.8 Å². The summed E-state index contributed by atoms with van der Waals surface area (Å²) in [5.41, 5.74) is 0. The highest BCUT2D eigenvalue weighted by Gasteiger charge is 2.49. The lowest BCUT2D eigenvalue weighted by atomic mass is 10.0. The summed E-state index contributed by atoms with van der Waals surface area (Å²) < 4.78 is 26.3. The van der Waals surface area contributed by atoms with Crippen molar-refractivity contribution >= 4 is 47.5 Å². The zero-order chi connectivity index (χ0) is 25.3. The number of esters is 5. The third-order valence-electron chi connectivity index (χ3n) is 4.30. The van der Waals surface area contributed by atoms with Gasteiger partial charge in [-0.25, -0.2) is 0 Å². The minimum Gasteiger partial charge on any atom is -0.462 e. The topological polar surface area (TPSA) is 152 Å². The van der Waals surface area contributed by atoms with E-state index in [4.69, 9.17) is 23.7 Å². The van der Waals surface area contributed by atoms with Gasteiger partial charge in [-0.2, -0.15) is 0 Å². The van der Waals surface area contributed by atoms with Crippen LogP contribution in [0.5, 0.6) is 0 Å². The first-order valence-electron chi connectivity index (χ1n) is 10.0. The molecule has 0 saturated carbocycles. The van der Waals surface area contributed by atoms with Gasteiger partial charge in [-0.15, -0.1) is 11.8 Å². The molecule has 1 amide bonds. The summed E-state index contributed by atoms with van der Waals surface area (Å²) in [4.78, 5) is 72.5. The summed E-state index contributed by atoms with van der Waals surface area (Å²) in [7, 11) is 0. The van der Waals surface area contributed by atoms with Crippen molar-refractivity contribution in [2.24, 2.45) is 0 Å². The summed E-state index contributed by atoms with van der Waals surface area (Å²) >= 11 is 1.27. The highest BCUT2D eigenvalue weighted by molar-refractivity contribution is 8.00. The van der Waals surface area contributed by atoms with E-state index in [1.165, 1.54) is 23.6 Å². The van der Waals surface area contributed by atoms with Gasteiger partial charge in [-0.1, -0.05) is 0 Å². The van der Waals surface area contributed by atoms with Gasteiger partial charge in [0.15, 0.2) is 24.4 Å². The normalized spacial score (nSPS) is 18.8. The van der Waals surface area contributed by atoms with E-state index in [-0.39, 0.29) is 5.91 Å². The molecular formula is C20H29NO11S. The Kier molecular flexibility index (Phi) is 11.1. The molecule has 12 nitrogen and oxygen atoms in total. The number of carbonyl (C=O) groups excluding carboxylic acids is 6. The first kappa shape index (κ1) is 28.2. The van der Waals surface area contributed by atoms with Crippen molar-refractivity contribution in [3.8, 4) is 0 Å². The van der Waals surface area contributed by atoms with Crippen molar-refractivity contribution in [2.75, 3.05) is 18.9 Å². The van der Waals surface area contributed by atoms with Crippen molar-refractivity contribution in [1.82, 2.24) is 4.90 Å². The van der Waals surface area contributed by atoms with Crippen LogP contribution in [-0.2, 0) is 52.5 Å². The maximum absolute atomic E-state index is 12.1. The Bertz CT molecular complexity index is 771. The average Bonchev–Trinajstić information content (AvgIpc) is 3.15. The molecule has 1 aliphatic heterocycles. The first-order chi connectivity index (χ1) is 15.3. The second kappa shape index (κ2) is 13.0. The highest BCUT2D eigenvalue weighted by atomic mass is 32.2. The molecule has 186 valence electrons. The lowest BCUT2D eigenvalue weighted by Gasteiger charge is -2.39. The Morgan fingerprint density at radius 2 is 1.27 bits per heavy atom. The number of rotatable bonds is 10. The zero-order valence-electron chi connectivity index (χ0n) is 19.4. The molecule has 0 aromatic carbocycles. The van der Waals surface area contributed by atoms with E-state index in [9.17, 15) is 28.8 Å². The van der Waals surface area contributed by atoms with Crippen LogP contribution in [0.2, 0.25) is 0 Å². The van der Waals surface area contributed by atoms with Gasteiger partial charge in [0.2, 0.25) is 5.91 Å². The van der Waals surface area contributed by atoms with Crippen LogP contribution in [0.4, 0.5) is 0 Å². The molecule has 0 radical (unpaired) electrons. The van der Waals surface area contributed by atoms with Crippen molar-refractivity contribution in [3.05, 3.63) is 0 Å². The Morgan fingerprint density at radius 1 is 0.758 bits per heavy atom. The van der Waals surface area contributed by atoms with Gasteiger partial charge >= 0.3 is 29.8 Å². The summed E-state index contributed by atoms with van der Waals surface area (Å²) in [5, 5.41) is -0.791. The van der Waals surface area contributed by atoms with Crippen molar-refractivity contribution in [2.45, 2.75) is 71.3 Å². The molecule has 0 aromatic rings. The van der Waals surface area contributed by atoms with E-state index < -0.39 is 66.2 Å². The SMILES string of the molecule is CC(=O)OC[C@H](OC(C)=O)[C@@H](OC(C)=O)[C@@H](OC(C)=O)[C@H](OC(C)=O)[C@H]1SCCN1C(C)=O. The average molecular weight is 492 g/mol. The molecule has 1 aliphatic rings. The van der Waals surface area contributed by atoms with Crippen LogP contribution in [0.1, 0.15) is 41.5 Å². The summed E-state index contributed by atoms with van der Waals surface area (Å²) in [6.45, 7) is 6.62. The molecule has 0 spiro atoms. The highest BCUT2D eigenvalue weighted by Crippen LogP contribution is 2.33. The molecule has 1 heterocycles. The molecule has 1 saturated heterocycles. The fraction of sp³-hybridized carbons (Fsp3) is 0.700. The largest absolute Gasteiger partial charge is 0.462 e. The number of amides is 1. The lowest BCUT2D eigenvalue weighted by molar-refractivity contribution is -0.204. The molecule has 5 atom stereocenters. The summed E-state index contributed by atoms with van der Waals surface area (Å²) in [6.07, 6.45) is -5.75. The van der Waals surface area contributed by atoms with Crippen LogP contribution < -0.4 is 0 Å². The van der Waals surface area contributed by atoms with E-state index in [0.717, 1.165) is 34.6 Å². The van der Waals surface area contributed by atoms with Gasteiger partial charge in [0.1, 0.15) is 12.0 Å². The van der Waals surface area contributed by atoms with E-state index in [0.29, 0.717) is 12.3 Å². The second-order valence-corrected chi connectivity index (χ2v) is 8.37. The van der Waals surface area contributed by atoms with E-state index in [2.05, 4.69) is 0 Å². The van der Waals surface area contributed by atoms with Gasteiger partial charge < -0.3 is 28.6 Å². The van der Waals surface area contributed by atoms with Crippen LogP contribution in [0, 0.1) is 0 Å². The lowest BCUT2D eigenvalue weighted by Crippen LogP contribution is -2.58. The Hall–Kier alpha value is -2.83. The maximum Gasteiger partial charge on any atom is 0.303 e. The van der Waals surface area contributed by atoms with Crippen LogP contribution >= 0.6 is 11.8 Å². The number of ether oxygens (including phenoxy) is 5. The first-order valence-corrected chi connectivity index (χ1v) is 11.1. The number of nitrogens with zero attached hydrogens (tertiary/aromatic N) is 1. The van der Waals surface area contributed by atoms with Crippen molar-refractivity contribution in [3.63, 3.8) is 0 Å². The minimum absolute atomic E-state index is 0.316. The molecular weight excluding hydrogens is 462 g/mol. The third-order valence-corrected chi connectivity index (χ3v) is 5.58. The van der Waals surface area contributed by atoms with Gasteiger partial charge in [-0.05, 0) is 0 Å². The quantitative estimate of drug-likeness (QED) is 0.303. The summed E-state index contributed by atoms with van der Waals surface area (Å²) in [6, 6.07) is 0. The Balaban J connectivity index is 3.55. The van der Waals surface area contributed by atoms with Crippen molar-refractivity contribution in [1.29, 1.82) is 0 Å². The predicted octanol–water partition coefficient (Wildman–Crippen LogP) is 0.198. The fourth-order valence-corrected chi connectivity index (χ4v) is 4.62.